The number of benzene rings is 1. The minimum Gasteiger partial charge on any atom is -0.373 e. The molecule has 20 heavy (non-hydrogen) atoms. The molecule has 1 heterocycles. The minimum atomic E-state index is 0.341. The third-order valence-corrected chi connectivity index (χ3v) is 3.65. The Bertz CT molecular complexity index is 398. The van der Waals surface area contributed by atoms with Crippen molar-refractivity contribution in [1.82, 2.24) is 10.2 Å². The predicted octanol–water partition coefficient (Wildman–Crippen LogP) is 2.80. The van der Waals surface area contributed by atoms with E-state index in [1.54, 1.807) is 0 Å². The Morgan fingerprint density at radius 3 is 2.60 bits per heavy atom. The third kappa shape index (κ3) is 4.89. The van der Waals surface area contributed by atoms with Crippen LogP contribution in [0.25, 0.3) is 0 Å². The van der Waals surface area contributed by atoms with Crippen LogP contribution in [0.1, 0.15) is 38.3 Å². The van der Waals surface area contributed by atoms with Crippen molar-refractivity contribution in [3.8, 4) is 0 Å². The van der Waals surface area contributed by atoms with Crippen molar-refractivity contribution >= 4 is 0 Å². The Kier molecular flexibility index (Phi) is 6.02. The molecule has 0 aliphatic carbocycles. The minimum absolute atomic E-state index is 0.341. The van der Waals surface area contributed by atoms with Gasteiger partial charge in [0, 0.05) is 26.2 Å². The summed E-state index contributed by atoms with van der Waals surface area (Å²) in [7, 11) is 0. The van der Waals surface area contributed by atoms with Gasteiger partial charge in [-0.3, -0.25) is 4.90 Å². The topological polar surface area (TPSA) is 24.5 Å². The third-order valence-electron chi connectivity index (χ3n) is 3.65. The molecular weight excluding hydrogens is 248 g/mol. The van der Waals surface area contributed by atoms with E-state index in [9.17, 15) is 0 Å². The lowest BCUT2D eigenvalue weighted by Gasteiger charge is -2.35. The fourth-order valence-corrected chi connectivity index (χ4v) is 2.92. The summed E-state index contributed by atoms with van der Waals surface area (Å²) in [4.78, 5) is 2.50. The monoisotopic (exact) mass is 276 g/mol. The second-order valence-corrected chi connectivity index (χ2v) is 5.95. The van der Waals surface area contributed by atoms with Crippen LogP contribution in [-0.2, 0) is 17.8 Å². The first kappa shape index (κ1) is 15.5. The average Bonchev–Trinajstić information content (AvgIpc) is 2.38. The molecule has 1 aliphatic heterocycles. The SMILES string of the molecule is CCCNCc1cccc(CN2C[C@@H](C)O[C@@H](C)C2)c1. The zero-order valence-corrected chi connectivity index (χ0v) is 13.1. The molecule has 1 saturated heterocycles. The number of rotatable bonds is 6. The lowest BCUT2D eigenvalue weighted by Crippen LogP contribution is -2.44. The number of nitrogens with one attached hydrogen (secondary N) is 1. The molecule has 0 aromatic heterocycles. The van der Waals surface area contributed by atoms with Crippen LogP contribution in [-0.4, -0.2) is 36.7 Å². The van der Waals surface area contributed by atoms with Crippen LogP contribution < -0.4 is 5.32 Å². The lowest BCUT2D eigenvalue weighted by molar-refractivity contribution is -0.0704. The Morgan fingerprint density at radius 1 is 1.20 bits per heavy atom. The molecule has 0 radical (unpaired) electrons. The van der Waals surface area contributed by atoms with Crippen molar-refractivity contribution in [2.45, 2.75) is 52.5 Å². The van der Waals surface area contributed by atoms with E-state index >= 15 is 0 Å². The maximum atomic E-state index is 5.79. The highest BCUT2D eigenvalue weighted by Gasteiger charge is 2.21. The van der Waals surface area contributed by atoms with E-state index in [-0.39, 0.29) is 0 Å². The molecule has 112 valence electrons. The van der Waals surface area contributed by atoms with Crippen LogP contribution in [0.3, 0.4) is 0 Å². The van der Waals surface area contributed by atoms with E-state index in [4.69, 9.17) is 4.74 Å². The van der Waals surface area contributed by atoms with Crippen molar-refractivity contribution in [3.05, 3.63) is 35.4 Å². The van der Waals surface area contributed by atoms with Gasteiger partial charge in [-0.25, -0.2) is 0 Å². The quantitative estimate of drug-likeness (QED) is 0.809. The summed E-state index contributed by atoms with van der Waals surface area (Å²) in [5.41, 5.74) is 2.78. The van der Waals surface area contributed by atoms with Gasteiger partial charge in [-0.05, 0) is 37.9 Å². The van der Waals surface area contributed by atoms with Crippen LogP contribution in [0.4, 0.5) is 0 Å². The standard InChI is InChI=1S/C17H28N2O/c1-4-8-18-10-16-6-5-7-17(9-16)13-19-11-14(2)20-15(3)12-19/h5-7,9,14-15,18H,4,8,10-13H2,1-3H3/t14-,15+. The van der Waals surface area contributed by atoms with Gasteiger partial charge in [0.05, 0.1) is 12.2 Å². The van der Waals surface area contributed by atoms with Crippen molar-refractivity contribution < 1.29 is 4.74 Å². The number of hydrogen-bond donors (Lipinski definition) is 1. The zero-order chi connectivity index (χ0) is 14.4. The largest absolute Gasteiger partial charge is 0.373 e. The fourth-order valence-electron chi connectivity index (χ4n) is 2.92. The molecule has 0 amide bonds. The Labute approximate surface area is 123 Å². The van der Waals surface area contributed by atoms with Gasteiger partial charge >= 0.3 is 0 Å². The second kappa shape index (κ2) is 7.77. The van der Waals surface area contributed by atoms with Gasteiger partial charge in [-0.15, -0.1) is 0 Å². The van der Waals surface area contributed by atoms with Gasteiger partial charge in [0.2, 0.25) is 0 Å². The average molecular weight is 276 g/mol. The number of nitrogens with zero attached hydrogens (tertiary/aromatic N) is 1. The summed E-state index contributed by atoms with van der Waals surface area (Å²) in [6.07, 6.45) is 1.87. The van der Waals surface area contributed by atoms with Crippen molar-refractivity contribution in [2.75, 3.05) is 19.6 Å². The highest BCUT2D eigenvalue weighted by molar-refractivity contribution is 5.23. The summed E-state index contributed by atoms with van der Waals surface area (Å²) in [5.74, 6) is 0. The molecule has 2 atom stereocenters. The molecule has 0 bridgehead atoms. The van der Waals surface area contributed by atoms with Gasteiger partial charge in [0.25, 0.3) is 0 Å². The molecule has 0 saturated carbocycles. The van der Waals surface area contributed by atoms with Crippen molar-refractivity contribution in [3.63, 3.8) is 0 Å². The van der Waals surface area contributed by atoms with Crippen LogP contribution in [0.5, 0.6) is 0 Å². The summed E-state index contributed by atoms with van der Waals surface area (Å²) in [6.45, 7) is 11.7. The zero-order valence-electron chi connectivity index (χ0n) is 13.1. The van der Waals surface area contributed by atoms with Crippen molar-refractivity contribution in [2.24, 2.45) is 0 Å². The van der Waals surface area contributed by atoms with Gasteiger partial charge in [0.1, 0.15) is 0 Å². The molecule has 0 unspecified atom stereocenters. The fraction of sp³-hybridized carbons (Fsp3) is 0.647. The van der Waals surface area contributed by atoms with Crippen LogP contribution >= 0.6 is 0 Å². The Balaban J connectivity index is 1.90. The highest BCUT2D eigenvalue weighted by Crippen LogP contribution is 2.15. The Hall–Kier alpha value is -0.900. The molecule has 2 rings (SSSR count). The molecule has 1 N–H and O–H groups in total. The normalized spacial score (nSPS) is 23.9. The lowest BCUT2D eigenvalue weighted by atomic mass is 10.1. The van der Waals surface area contributed by atoms with E-state index in [2.05, 4.69) is 55.3 Å². The van der Waals surface area contributed by atoms with Gasteiger partial charge in [-0.2, -0.15) is 0 Å². The highest BCUT2D eigenvalue weighted by atomic mass is 16.5. The molecular formula is C17H28N2O. The number of hydrogen-bond acceptors (Lipinski definition) is 3. The summed E-state index contributed by atoms with van der Waals surface area (Å²) >= 11 is 0. The van der Waals surface area contributed by atoms with E-state index in [0.29, 0.717) is 12.2 Å². The van der Waals surface area contributed by atoms with E-state index in [1.807, 2.05) is 0 Å². The molecule has 1 aliphatic rings. The maximum absolute atomic E-state index is 5.79. The molecule has 3 nitrogen and oxygen atoms in total. The first-order valence-electron chi connectivity index (χ1n) is 7.83. The summed E-state index contributed by atoms with van der Waals surface area (Å²) < 4.78 is 5.79. The molecule has 1 aromatic rings. The number of morpholine rings is 1. The molecule has 3 heteroatoms. The smallest absolute Gasteiger partial charge is 0.0678 e. The van der Waals surface area contributed by atoms with E-state index in [0.717, 1.165) is 32.7 Å². The first-order valence-corrected chi connectivity index (χ1v) is 7.83. The van der Waals surface area contributed by atoms with Crippen LogP contribution in [0.2, 0.25) is 0 Å². The van der Waals surface area contributed by atoms with Crippen LogP contribution in [0, 0.1) is 0 Å². The van der Waals surface area contributed by atoms with E-state index in [1.165, 1.54) is 17.5 Å². The van der Waals surface area contributed by atoms with Crippen molar-refractivity contribution in [1.29, 1.82) is 0 Å². The number of ether oxygens (including phenoxy) is 1. The van der Waals surface area contributed by atoms with E-state index < -0.39 is 0 Å². The summed E-state index contributed by atoms with van der Waals surface area (Å²) in [5, 5.41) is 3.46. The Morgan fingerprint density at radius 2 is 1.90 bits per heavy atom. The second-order valence-electron chi connectivity index (χ2n) is 5.95. The summed E-state index contributed by atoms with van der Waals surface area (Å²) in [6, 6.07) is 8.93. The van der Waals surface area contributed by atoms with Gasteiger partial charge < -0.3 is 10.1 Å². The van der Waals surface area contributed by atoms with Gasteiger partial charge in [0.15, 0.2) is 0 Å². The maximum Gasteiger partial charge on any atom is 0.0678 e. The molecule has 1 aromatic carbocycles. The van der Waals surface area contributed by atoms with Crippen LogP contribution in [0.15, 0.2) is 24.3 Å². The molecule has 1 fully saturated rings. The first-order chi connectivity index (χ1) is 9.67. The van der Waals surface area contributed by atoms with Gasteiger partial charge in [-0.1, -0.05) is 31.2 Å². The predicted molar refractivity (Wildman–Crippen MR) is 83.7 cm³/mol. The molecule has 0 spiro atoms.